The van der Waals surface area contributed by atoms with Crippen molar-refractivity contribution < 1.29 is 4.39 Å². The Balaban J connectivity index is 2.33. The van der Waals surface area contributed by atoms with Crippen molar-refractivity contribution in [2.24, 2.45) is 0 Å². The van der Waals surface area contributed by atoms with Gasteiger partial charge in [0.15, 0.2) is 0 Å². The Morgan fingerprint density at radius 3 is 2.67 bits per heavy atom. The average Bonchev–Trinajstić information content (AvgIpc) is 2.44. The number of benzene rings is 2. The molecule has 1 atom stereocenters. The molecular weight excluding hydrogens is 376 g/mol. The van der Waals surface area contributed by atoms with Crippen molar-refractivity contribution >= 4 is 39.1 Å². The third kappa shape index (κ3) is 4.19. The third-order valence-corrected chi connectivity index (χ3v) is 4.79. The molecule has 2 aromatic rings. The maximum atomic E-state index is 14.0. The smallest absolute Gasteiger partial charge is 0.127 e. The molecule has 0 aliphatic rings. The van der Waals surface area contributed by atoms with Gasteiger partial charge in [-0.1, -0.05) is 48.3 Å². The van der Waals surface area contributed by atoms with Gasteiger partial charge in [0.1, 0.15) is 5.82 Å². The third-order valence-electron chi connectivity index (χ3n) is 3.25. The van der Waals surface area contributed by atoms with E-state index in [1.165, 1.54) is 6.07 Å². The van der Waals surface area contributed by atoms with E-state index in [2.05, 4.69) is 21.2 Å². The lowest BCUT2D eigenvalue weighted by molar-refractivity contribution is 0.528. The highest BCUT2D eigenvalue weighted by Gasteiger charge is 2.17. The van der Waals surface area contributed by atoms with Crippen LogP contribution in [0, 0.1) is 5.82 Å². The van der Waals surface area contributed by atoms with Gasteiger partial charge in [-0.15, -0.1) is 0 Å². The normalized spacial score (nSPS) is 12.4. The molecule has 1 nitrogen and oxygen atoms in total. The highest BCUT2D eigenvalue weighted by Crippen LogP contribution is 2.32. The van der Waals surface area contributed by atoms with E-state index in [4.69, 9.17) is 23.2 Å². The summed E-state index contributed by atoms with van der Waals surface area (Å²) in [6.07, 6.45) is 0.507. The summed E-state index contributed by atoms with van der Waals surface area (Å²) in [5.74, 6) is -0.295. The van der Waals surface area contributed by atoms with Gasteiger partial charge in [-0.3, -0.25) is 0 Å². The monoisotopic (exact) mass is 389 g/mol. The molecule has 0 aliphatic carbocycles. The van der Waals surface area contributed by atoms with E-state index >= 15 is 0 Å². The van der Waals surface area contributed by atoms with Gasteiger partial charge in [0.25, 0.3) is 0 Å². The molecular formula is C16H15BrCl2FN. The van der Waals surface area contributed by atoms with Gasteiger partial charge in [0.05, 0.1) is 5.02 Å². The first kappa shape index (κ1) is 16.8. The Morgan fingerprint density at radius 1 is 1.24 bits per heavy atom. The first-order valence-corrected chi connectivity index (χ1v) is 8.19. The first-order chi connectivity index (χ1) is 10.0. The summed E-state index contributed by atoms with van der Waals surface area (Å²) < 4.78 is 14.8. The molecule has 5 heteroatoms. The van der Waals surface area contributed by atoms with Crippen LogP contribution in [-0.2, 0) is 6.42 Å². The lowest BCUT2D eigenvalue weighted by Gasteiger charge is -2.20. The fourth-order valence-electron chi connectivity index (χ4n) is 2.24. The van der Waals surface area contributed by atoms with E-state index in [9.17, 15) is 4.39 Å². The van der Waals surface area contributed by atoms with Crippen molar-refractivity contribution in [3.63, 3.8) is 0 Å². The number of hydrogen-bond donors (Lipinski definition) is 1. The van der Waals surface area contributed by atoms with Gasteiger partial charge in [-0.25, -0.2) is 4.39 Å². The van der Waals surface area contributed by atoms with Crippen molar-refractivity contribution in [1.82, 2.24) is 5.32 Å². The second-order valence-corrected chi connectivity index (χ2v) is 6.36. The molecule has 0 saturated heterocycles. The summed E-state index contributed by atoms with van der Waals surface area (Å²) in [5, 5.41) is 4.40. The van der Waals surface area contributed by atoms with E-state index in [1.807, 2.05) is 25.1 Å². The molecule has 1 unspecified atom stereocenters. The van der Waals surface area contributed by atoms with E-state index in [1.54, 1.807) is 12.1 Å². The summed E-state index contributed by atoms with van der Waals surface area (Å²) in [4.78, 5) is 0. The predicted molar refractivity (Wildman–Crippen MR) is 90.7 cm³/mol. The second-order valence-electron chi connectivity index (χ2n) is 4.69. The number of nitrogens with one attached hydrogen (secondary N) is 1. The highest BCUT2D eigenvalue weighted by molar-refractivity contribution is 9.10. The van der Waals surface area contributed by atoms with Crippen LogP contribution in [0.4, 0.5) is 4.39 Å². The Kier molecular flexibility index (Phi) is 6.06. The minimum atomic E-state index is -0.295. The lowest BCUT2D eigenvalue weighted by Crippen LogP contribution is -2.23. The minimum Gasteiger partial charge on any atom is -0.310 e. The molecule has 112 valence electrons. The van der Waals surface area contributed by atoms with Crippen LogP contribution in [0.25, 0.3) is 0 Å². The molecule has 0 heterocycles. The zero-order chi connectivity index (χ0) is 15.4. The summed E-state index contributed by atoms with van der Waals surface area (Å²) in [5.41, 5.74) is 1.56. The zero-order valence-corrected chi connectivity index (χ0v) is 14.6. The van der Waals surface area contributed by atoms with E-state index in [-0.39, 0.29) is 11.9 Å². The van der Waals surface area contributed by atoms with Crippen LogP contribution in [0.1, 0.15) is 24.1 Å². The standard InChI is InChI=1S/C16H15BrCl2FN/c1-2-21-15(12-4-3-5-13(17)16(12)19)8-10-6-7-11(18)9-14(10)20/h3-7,9,15,21H,2,8H2,1H3. The number of hydrogen-bond acceptors (Lipinski definition) is 1. The Hall–Kier alpha value is -0.610. The molecule has 2 rings (SSSR count). The van der Waals surface area contributed by atoms with Crippen molar-refractivity contribution in [3.8, 4) is 0 Å². The van der Waals surface area contributed by atoms with Gasteiger partial charge in [-0.05, 0) is 58.2 Å². The number of rotatable bonds is 5. The summed E-state index contributed by atoms with van der Waals surface area (Å²) in [6, 6.07) is 10.5. The largest absolute Gasteiger partial charge is 0.310 e. The van der Waals surface area contributed by atoms with E-state index in [0.29, 0.717) is 22.0 Å². The van der Waals surface area contributed by atoms with Crippen LogP contribution in [-0.4, -0.2) is 6.54 Å². The highest BCUT2D eigenvalue weighted by atomic mass is 79.9. The number of halogens is 4. The lowest BCUT2D eigenvalue weighted by atomic mass is 9.98. The van der Waals surface area contributed by atoms with Crippen molar-refractivity contribution in [3.05, 3.63) is 67.9 Å². The Morgan fingerprint density at radius 2 is 2.00 bits per heavy atom. The van der Waals surface area contributed by atoms with Gasteiger partial charge in [-0.2, -0.15) is 0 Å². The molecule has 0 saturated carbocycles. The molecule has 21 heavy (non-hydrogen) atoms. The zero-order valence-electron chi connectivity index (χ0n) is 11.5. The molecule has 0 radical (unpaired) electrons. The maximum absolute atomic E-state index is 14.0. The van der Waals surface area contributed by atoms with Gasteiger partial charge < -0.3 is 5.32 Å². The van der Waals surface area contributed by atoms with Crippen LogP contribution in [0.3, 0.4) is 0 Å². The number of likely N-dealkylation sites (N-methyl/N-ethyl adjacent to an activating group) is 1. The van der Waals surface area contributed by atoms with Gasteiger partial charge in [0.2, 0.25) is 0 Å². The quantitative estimate of drug-likeness (QED) is 0.681. The molecule has 0 fully saturated rings. The first-order valence-electron chi connectivity index (χ1n) is 6.64. The molecule has 0 aromatic heterocycles. The van der Waals surface area contributed by atoms with Gasteiger partial charge in [0, 0.05) is 15.5 Å². The van der Waals surface area contributed by atoms with Crippen LogP contribution >= 0.6 is 39.1 Å². The molecule has 0 bridgehead atoms. The molecule has 1 N–H and O–H groups in total. The molecule has 0 spiro atoms. The predicted octanol–water partition coefficient (Wildman–Crippen LogP) is 5.79. The Labute approximate surface area is 142 Å². The fourth-order valence-corrected chi connectivity index (χ4v) is 3.03. The van der Waals surface area contributed by atoms with Crippen LogP contribution in [0.2, 0.25) is 10.0 Å². The second kappa shape index (κ2) is 7.59. The maximum Gasteiger partial charge on any atom is 0.127 e. The van der Waals surface area contributed by atoms with Crippen molar-refractivity contribution in [2.75, 3.05) is 6.54 Å². The molecule has 0 amide bonds. The van der Waals surface area contributed by atoms with Crippen molar-refractivity contribution in [1.29, 1.82) is 0 Å². The van der Waals surface area contributed by atoms with Crippen LogP contribution in [0.5, 0.6) is 0 Å². The van der Waals surface area contributed by atoms with Crippen LogP contribution < -0.4 is 5.32 Å². The van der Waals surface area contributed by atoms with E-state index < -0.39 is 0 Å². The fraction of sp³-hybridized carbons (Fsp3) is 0.250. The van der Waals surface area contributed by atoms with Crippen LogP contribution in [0.15, 0.2) is 40.9 Å². The minimum absolute atomic E-state index is 0.0596. The average molecular weight is 391 g/mol. The topological polar surface area (TPSA) is 12.0 Å². The van der Waals surface area contributed by atoms with E-state index in [0.717, 1.165) is 16.6 Å². The summed E-state index contributed by atoms with van der Waals surface area (Å²) >= 11 is 15.6. The van der Waals surface area contributed by atoms with Gasteiger partial charge >= 0.3 is 0 Å². The SMILES string of the molecule is CCNC(Cc1ccc(Cl)cc1F)c1cccc(Br)c1Cl. The Bertz CT molecular complexity index is 634. The van der Waals surface area contributed by atoms with Crippen molar-refractivity contribution in [2.45, 2.75) is 19.4 Å². The summed E-state index contributed by atoms with van der Waals surface area (Å²) in [6.45, 7) is 2.78. The molecule has 0 aliphatic heterocycles. The summed E-state index contributed by atoms with van der Waals surface area (Å²) in [7, 11) is 0. The molecule has 2 aromatic carbocycles.